The average Bonchev–Trinajstić information content (AvgIpc) is 3.39. The summed E-state index contributed by atoms with van der Waals surface area (Å²) in [5.74, 6) is 0.719. The molecular weight excluding hydrogens is 436 g/mol. The van der Waals surface area contributed by atoms with Gasteiger partial charge in [-0.15, -0.1) is 0 Å². The van der Waals surface area contributed by atoms with E-state index >= 15 is 0 Å². The molecule has 1 aromatic carbocycles. The quantitative estimate of drug-likeness (QED) is 0.452. The van der Waals surface area contributed by atoms with E-state index in [2.05, 4.69) is 25.5 Å². The Labute approximate surface area is 189 Å². The third-order valence-corrected chi connectivity index (χ3v) is 6.35. The fraction of sp³-hybridized carbons (Fsp3) is 0.381. The molecule has 0 atom stereocenters. The van der Waals surface area contributed by atoms with Crippen LogP contribution in [0.15, 0.2) is 30.3 Å². The standard InChI is InChI=1S/C21H25ClN6O2S/c1-27(16-7-5-14(22)13-17(16)29)18-8-6-15-19(25-18)31-21(24-15)26-20(30)23-9-4-12-28-10-2-3-11-28/h5-8,13,29H,2-4,9-12H2,1H3,(H2,23,24,26,30). The zero-order valence-electron chi connectivity index (χ0n) is 17.3. The number of nitrogens with zero attached hydrogens (tertiary/aromatic N) is 4. The summed E-state index contributed by atoms with van der Waals surface area (Å²) in [6.07, 6.45) is 3.48. The number of urea groups is 1. The van der Waals surface area contributed by atoms with Crippen molar-refractivity contribution in [2.24, 2.45) is 0 Å². The monoisotopic (exact) mass is 460 g/mol. The van der Waals surface area contributed by atoms with E-state index in [4.69, 9.17) is 11.6 Å². The van der Waals surface area contributed by atoms with Crippen molar-refractivity contribution in [3.63, 3.8) is 0 Å². The number of pyridine rings is 1. The van der Waals surface area contributed by atoms with E-state index in [0.717, 1.165) is 13.0 Å². The number of hydrogen-bond acceptors (Lipinski definition) is 7. The van der Waals surface area contributed by atoms with Gasteiger partial charge in [0, 0.05) is 24.7 Å². The molecular formula is C21H25ClN6O2S. The first kappa shape index (κ1) is 21.6. The Hall–Kier alpha value is -2.62. The number of nitrogens with one attached hydrogen (secondary N) is 2. The maximum atomic E-state index is 12.2. The summed E-state index contributed by atoms with van der Waals surface area (Å²) in [4.78, 5) is 26.1. The zero-order chi connectivity index (χ0) is 21.8. The van der Waals surface area contributed by atoms with Crippen LogP contribution in [0.1, 0.15) is 19.3 Å². The summed E-state index contributed by atoms with van der Waals surface area (Å²) in [5.41, 5.74) is 1.29. The zero-order valence-corrected chi connectivity index (χ0v) is 18.8. The lowest BCUT2D eigenvalue weighted by Crippen LogP contribution is -2.31. The molecule has 10 heteroatoms. The maximum Gasteiger partial charge on any atom is 0.321 e. The van der Waals surface area contributed by atoms with Gasteiger partial charge >= 0.3 is 6.03 Å². The van der Waals surface area contributed by atoms with Crippen LogP contribution in [-0.2, 0) is 0 Å². The van der Waals surface area contributed by atoms with E-state index in [0.29, 0.717) is 38.6 Å². The van der Waals surface area contributed by atoms with Gasteiger partial charge in [0.05, 0.1) is 5.69 Å². The minimum atomic E-state index is -0.260. The van der Waals surface area contributed by atoms with Gasteiger partial charge in [0.15, 0.2) is 5.13 Å². The average molecular weight is 461 g/mol. The fourth-order valence-electron chi connectivity index (χ4n) is 3.60. The Bertz CT molecular complexity index is 1070. The Kier molecular flexibility index (Phi) is 6.74. The lowest BCUT2D eigenvalue weighted by molar-refractivity contribution is 0.251. The summed E-state index contributed by atoms with van der Waals surface area (Å²) in [7, 11) is 1.81. The van der Waals surface area contributed by atoms with Gasteiger partial charge in [-0.25, -0.2) is 14.8 Å². The van der Waals surface area contributed by atoms with Crippen molar-refractivity contribution in [2.45, 2.75) is 19.3 Å². The van der Waals surface area contributed by atoms with Crippen molar-refractivity contribution in [3.05, 3.63) is 35.4 Å². The highest BCUT2D eigenvalue weighted by Gasteiger charge is 2.14. The van der Waals surface area contributed by atoms with Crippen molar-refractivity contribution >= 4 is 56.0 Å². The van der Waals surface area contributed by atoms with Crippen molar-refractivity contribution in [2.75, 3.05) is 43.4 Å². The summed E-state index contributed by atoms with van der Waals surface area (Å²) in [6.45, 7) is 3.98. The Morgan fingerprint density at radius 1 is 1.26 bits per heavy atom. The first-order valence-corrected chi connectivity index (χ1v) is 11.5. The highest BCUT2D eigenvalue weighted by Crippen LogP contribution is 2.34. The fourth-order valence-corrected chi connectivity index (χ4v) is 4.60. The van der Waals surface area contributed by atoms with Gasteiger partial charge in [0.25, 0.3) is 0 Å². The van der Waals surface area contributed by atoms with Crippen LogP contribution in [0.3, 0.4) is 0 Å². The van der Waals surface area contributed by atoms with Gasteiger partial charge in [-0.1, -0.05) is 22.9 Å². The third-order valence-electron chi connectivity index (χ3n) is 5.24. The second-order valence-electron chi connectivity index (χ2n) is 7.49. The minimum Gasteiger partial charge on any atom is -0.506 e. The summed E-state index contributed by atoms with van der Waals surface area (Å²) in [6, 6.07) is 8.34. The first-order chi connectivity index (χ1) is 15.0. The molecule has 1 saturated heterocycles. The second kappa shape index (κ2) is 9.67. The van der Waals surface area contributed by atoms with Gasteiger partial charge in [0.2, 0.25) is 0 Å². The lowest BCUT2D eigenvalue weighted by atomic mass is 10.2. The Morgan fingerprint density at radius 2 is 2.06 bits per heavy atom. The van der Waals surface area contributed by atoms with Crippen LogP contribution in [0.25, 0.3) is 10.3 Å². The summed E-state index contributed by atoms with van der Waals surface area (Å²) < 4.78 is 0. The van der Waals surface area contributed by atoms with Crippen LogP contribution >= 0.6 is 22.9 Å². The van der Waals surface area contributed by atoms with E-state index in [1.165, 1.54) is 43.3 Å². The van der Waals surface area contributed by atoms with Crippen LogP contribution in [-0.4, -0.2) is 59.2 Å². The molecule has 3 aromatic rings. The second-order valence-corrected chi connectivity index (χ2v) is 8.90. The molecule has 0 saturated carbocycles. The van der Waals surface area contributed by atoms with E-state index in [-0.39, 0.29) is 11.8 Å². The molecule has 2 amide bonds. The van der Waals surface area contributed by atoms with Gasteiger partial charge in [0.1, 0.15) is 21.9 Å². The number of fused-ring (bicyclic) bond motifs is 1. The number of phenols is 1. The van der Waals surface area contributed by atoms with E-state index in [1.807, 2.05) is 19.2 Å². The maximum absolute atomic E-state index is 12.2. The smallest absolute Gasteiger partial charge is 0.321 e. The Balaban J connectivity index is 1.36. The van der Waals surface area contributed by atoms with E-state index in [1.54, 1.807) is 17.0 Å². The molecule has 1 fully saturated rings. The predicted octanol–water partition coefficient (Wildman–Crippen LogP) is 4.43. The topological polar surface area (TPSA) is 93.6 Å². The van der Waals surface area contributed by atoms with Crippen LogP contribution in [0.2, 0.25) is 5.02 Å². The van der Waals surface area contributed by atoms with Crippen LogP contribution < -0.4 is 15.5 Å². The normalized spacial score (nSPS) is 14.1. The van der Waals surface area contributed by atoms with Gasteiger partial charge in [-0.05, 0) is 63.2 Å². The number of hydrogen-bond donors (Lipinski definition) is 3. The number of anilines is 3. The number of aromatic hydroxyl groups is 1. The molecule has 0 spiro atoms. The third kappa shape index (κ3) is 5.36. The number of rotatable bonds is 7. The molecule has 4 rings (SSSR count). The molecule has 2 aromatic heterocycles. The van der Waals surface area contributed by atoms with Gasteiger partial charge in [-0.2, -0.15) is 0 Å². The molecule has 0 unspecified atom stereocenters. The van der Waals surface area contributed by atoms with E-state index in [9.17, 15) is 9.90 Å². The number of likely N-dealkylation sites (tertiary alicyclic amines) is 1. The number of benzene rings is 1. The van der Waals surface area contributed by atoms with Crippen LogP contribution in [0, 0.1) is 0 Å². The van der Waals surface area contributed by atoms with Crippen molar-refractivity contribution in [1.82, 2.24) is 20.2 Å². The van der Waals surface area contributed by atoms with Gasteiger partial charge < -0.3 is 20.2 Å². The van der Waals surface area contributed by atoms with Crippen LogP contribution in [0.4, 0.5) is 21.4 Å². The minimum absolute atomic E-state index is 0.0740. The molecule has 0 radical (unpaired) electrons. The van der Waals surface area contributed by atoms with Crippen molar-refractivity contribution in [1.29, 1.82) is 0 Å². The number of carbonyl (C=O) groups excluding carboxylic acids is 1. The molecule has 3 heterocycles. The highest BCUT2D eigenvalue weighted by atomic mass is 35.5. The summed E-state index contributed by atoms with van der Waals surface area (Å²) >= 11 is 7.22. The predicted molar refractivity (Wildman–Crippen MR) is 126 cm³/mol. The molecule has 3 N–H and O–H groups in total. The molecule has 31 heavy (non-hydrogen) atoms. The van der Waals surface area contributed by atoms with Gasteiger partial charge in [-0.3, -0.25) is 5.32 Å². The van der Waals surface area contributed by atoms with E-state index < -0.39 is 0 Å². The molecule has 8 nitrogen and oxygen atoms in total. The SMILES string of the molecule is CN(c1ccc2nc(NC(=O)NCCCN3CCCC3)sc2n1)c1ccc(Cl)cc1O. The van der Waals surface area contributed by atoms with Crippen molar-refractivity contribution in [3.8, 4) is 5.75 Å². The number of phenolic OH excluding ortho intramolecular Hbond substituents is 1. The number of halogens is 1. The molecule has 0 aliphatic carbocycles. The first-order valence-electron chi connectivity index (χ1n) is 10.3. The number of amides is 2. The number of thiazole rings is 1. The molecule has 0 bridgehead atoms. The number of aromatic nitrogens is 2. The largest absolute Gasteiger partial charge is 0.506 e. The molecule has 164 valence electrons. The summed E-state index contributed by atoms with van der Waals surface area (Å²) in [5, 5.41) is 16.8. The van der Waals surface area contributed by atoms with Crippen molar-refractivity contribution < 1.29 is 9.90 Å². The molecule has 1 aliphatic heterocycles. The van der Waals surface area contributed by atoms with Crippen LogP contribution in [0.5, 0.6) is 5.75 Å². The Morgan fingerprint density at radius 3 is 2.84 bits per heavy atom. The molecule has 1 aliphatic rings. The lowest BCUT2D eigenvalue weighted by Gasteiger charge is -2.19. The highest BCUT2D eigenvalue weighted by molar-refractivity contribution is 7.22. The number of carbonyl (C=O) groups is 1.